The standard InChI is InChI=1S/C28H31N3O3S/c1-18(2)34-24-9-7-20(8-10-24)28(33)31-13-11-19(12-14-31)27-30-25(17-35-27)26(32)29-23-15-21-5-3-4-6-22(21)16-23/h3-10,17-19,23H,11-16H2,1-2H3,(H,29,32). The topological polar surface area (TPSA) is 71.5 Å². The number of carbonyl (C=O) groups excluding carboxylic acids is 2. The number of thiazole rings is 1. The molecule has 1 aliphatic carbocycles. The highest BCUT2D eigenvalue weighted by atomic mass is 32.1. The molecule has 1 N–H and O–H groups in total. The molecule has 6 nitrogen and oxygen atoms in total. The monoisotopic (exact) mass is 489 g/mol. The van der Waals surface area contributed by atoms with Crippen LogP contribution in [0.4, 0.5) is 0 Å². The van der Waals surface area contributed by atoms with Gasteiger partial charge in [-0.15, -0.1) is 11.3 Å². The zero-order chi connectivity index (χ0) is 24.4. The molecule has 3 aromatic rings. The number of nitrogens with zero attached hydrogens (tertiary/aromatic N) is 2. The number of hydrogen-bond acceptors (Lipinski definition) is 5. The molecular formula is C28H31N3O3S. The van der Waals surface area contributed by atoms with Gasteiger partial charge in [-0.1, -0.05) is 24.3 Å². The first-order valence-electron chi connectivity index (χ1n) is 12.4. The summed E-state index contributed by atoms with van der Waals surface area (Å²) in [5.41, 5.74) is 3.82. The molecule has 35 heavy (non-hydrogen) atoms. The van der Waals surface area contributed by atoms with Crippen molar-refractivity contribution in [3.63, 3.8) is 0 Å². The predicted molar refractivity (Wildman–Crippen MR) is 137 cm³/mol. The zero-order valence-electron chi connectivity index (χ0n) is 20.2. The summed E-state index contributed by atoms with van der Waals surface area (Å²) in [4.78, 5) is 32.3. The maximum atomic E-state index is 12.9. The molecule has 0 bridgehead atoms. The molecule has 2 aromatic carbocycles. The molecule has 0 saturated carbocycles. The Bertz CT molecular complexity index is 1170. The summed E-state index contributed by atoms with van der Waals surface area (Å²) in [6, 6.07) is 15.9. The number of carbonyl (C=O) groups is 2. The minimum Gasteiger partial charge on any atom is -0.491 e. The number of ether oxygens (including phenoxy) is 1. The minimum absolute atomic E-state index is 0.0521. The van der Waals surface area contributed by atoms with E-state index < -0.39 is 0 Å². The third-order valence-corrected chi connectivity index (χ3v) is 7.75. The smallest absolute Gasteiger partial charge is 0.270 e. The summed E-state index contributed by atoms with van der Waals surface area (Å²) in [7, 11) is 0. The number of likely N-dealkylation sites (tertiary alicyclic amines) is 1. The number of benzene rings is 2. The van der Waals surface area contributed by atoms with E-state index in [1.807, 2.05) is 60.5 Å². The Morgan fingerprint density at radius 3 is 2.31 bits per heavy atom. The SMILES string of the molecule is CC(C)Oc1ccc(C(=O)N2CCC(c3nc(C(=O)NC4Cc5ccccc5C4)cs3)CC2)cc1. The van der Waals surface area contributed by atoms with E-state index in [0.29, 0.717) is 24.3 Å². The Labute approximate surface area is 210 Å². The second-order valence-corrected chi connectivity index (χ2v) is 10.6. The Hall–Kier alpha value is -3.19. The summed E-state index contributed by atoms with van der Waals surface area (Å²) < 4.78 is 5.67. The lowest BCUT2D eigenvalue weighted by Crippen LogP contribution is -2.38. The third-order valence-electron chi connectivity index (χ3n) is 6.75. The summed E-state index contributed by atoms with van der Waals surface area (Å²) >= 11 is 1.55. The van der Waals surface area contributed by atoms with Crippen LogP contribution >= 0.6 is 11.3 Å². The summed E-state index contributed by atoms with van der Waals surface area (Å²) in [5, 5.41) is 6.01. The van der Waals surface area contributed by atoms with Gasteiger partial charge in [0.05, 0.1) is 11.1 Å². The molecule has 5 rings (SSSR count). The second-order valence-electron chi connectivity index (χ2n) is 9.68. The van der Waals surface area contributed by atoms with Crippen LogP contribution in [0.5, 0.6) is 5.75 Å². The van der Waals surface area contributed by atoms with Gasteiger partial charge in [0.25, 0.3) is 11.8 Å². The molecule has 1 fully saturated rings. The van der Waals surface area contributed by atoms with Crippen LogP contribution in [-0.2, 0) is 12.8 Å². The third kappa shape index (κ3) is 5.40. The van der Waals surface area contributed by atoms with Gasteiger partial charge >= 0.3 is 0 Å². The summed E-state index contributed by atoms with van der Waals surface area (Å²) in [6.45, 7) is 5.34. The van der Waals surface area contributed by atoms with Gasteiger partial charge in [-0.2, -0.15) is 0 Å². The average Bonchev–Trinajstić information content (AvgIpc) is 3.51. The van der Waals surface area contributed by atoms with E-state index >= 15 is 0 Å². The Morgan fingerprint density at radius 2 is 1.69 bits per heavy atom. The first-order valence-corrected chi connectivity index (χ1v) is 13.2. The maximum Gasteiger partial charge on any atom is 0.270 e. The van der Waals surface area contributed by atoms with Crippen molar-refractivity contribution >= 4 is 23.2 Å². The van der Waals surface area contributed by atoms with Gasteiger partial charge < -0.3 is 15.0 Å². The molecule has 182 valence electrons. The van der Waals surface area contributed by atoms with Crippen molar-refractivity contribution in [3.8, 4) is 5.75 Å². The van der Waals surface area contributed by atoms with E-state index in [0.717, 1.165) is 36.4 Å². The highest BCUT2D eigenvalue weighted by molar-refractivity contribution is 7.09. The van der Waals surface area contributed by atoms with E-state index in [4.69, 9.17) is 4.74 Å². The quantitative estimate of drug-likeness (QED) is 0.538. The molecule has 1 aromatic heterocycles. The van der Waals surface area contributed by atoms with Crippen molar-refractivity contribution in [1.82, 2.24) is 15.2 Å². The summed E-state index contributed by atoms with van der Waals surface area (Å²) in [6.07, 6.45) is 3.56. The second kappa shape index (κ2) is 10.2. The van der Waals surface area contributed by atoms with Crippen LogP contribution in [0, 0.1) is 0 Å². The lowest BCUT2D eigenvalue weighted by atomic mass is 9.97. The number of fused-ring (bicyclic) bond motifs is 1. The maximum absolute atomic E-state index is 12.9. The highest BCUT2D eigenvalue weighted by Crippen LogP contribution is 2.31. The van der Waals surface area contributed by atoms with Crippen molar-refractivity contribution in [2.45, 2.75) is 57.6 Å². The van der Waals surface area contributed by atoms with Crippen LogP contribution in [-0.4, -0.2) is 46.9 Å². The van der Waals surface area contributed by atoms with E-state index in [2.05, 4.69) is 22.4 Å². The van der Waals surface area contributed by atoms with E-state index in [1.165, 1.54) is 11.1 Å². The first kappa shape index (κ1) is 23.5. The fourth-order valence-electron chi connectivity index (χ4n) is 4.96. The van der Waals surface area contributed by atoms with Gasteiger partial charge in [-0.3, -0.25) is 9.59 Å². The van der Waals surface area contributed by atoms with Gasteiger partial charge in [0.1, 0.15) is 11.4 Å². The number of hydrogen-bond donors (Lipinski definition) is 1. The molecule has 0 unspecified atom stereocenters. The molecule has 1 aliphatic heterocycles. The van der Waals surface area contributed by atoms with Crippen LogP contribution in [0.2, 0.25) is 0 Å². The highest BCUT2D eigenvalue weighted by Gasteiger charge is 2.28. The molecule has 0 spiro atoms. The minimum atomic E-state index is -0.0946. The van der Waals surface area contributed by atoms with Crippen molar-refractivity contribution in [3.05, 3.63) is 81.3 Å². The Kier molecular flexibility index (Phi) is 6.86. The molecular weight excluding hydrogens is 458 g/mol. The number of piperidine rings is 1. The normalized spacial score (nSPS) is 16.4. The number of amides is 2. The largest absolute Gasteiger partial charge is 0.491 e. The lowest BCUT2D eigenvalue weighted by Gasteiger charge is -2.31. The first-order chi connectivity index (χ1) is 17.0. The van der Waals surface area contributed by atoms with Gasteiger partial charge in [0, 0.05) is 36.0 Å². The Balaban J connectivity index is 1.13. The molecule has 0 radical (unpaired) electrons. The van der Waals surface area contributed by atoms with Gasteiger partial charge in [0.2, 0.25) is 0 Å². The molecule has 7 heteroatoms. The number of aromatic nitrogens is 1. The van der Waals surface area contributed by atoms with E-state index in [-0.39, 0.29) is 29.9 Å². The predicted octanol–water partition coefficient (Wildman–Crippen LogP) is 4.85. The number of nitrogens with one attached hydrogen (secondary N) is 1. The van der Waals surface area contributed by atoms with Crippen LogP contribution in [0.15, 0.2) is 53.9 Å². The van der Waals surface area contributed by atoms with Crippen molar-refractivity contribution in [1.29, 1.82) is 0 Å². The van der Waals surface area contributed by atoms with Gasteiger partial charge in [-0.05, 0) is 74.9 Å². The van der Waals surface area contributed by atoms with Crippen LogP contribution in [0.3, 0.4) is 0 Å². The van der Waals surface area contributed by atoms with Crippen molar-refractivity contribution in [2.75, 3.05) is 13.1 Å². The zero-order valence-corrected chi connectivity index (χ0v) is 21.0. The van der Waals surface area contributed by atoms with Crippen LogP contribution in [0.25, 0.3) is 0 Å². The van der Waals surface area contributed by atoms with E-state index in [9.17, 15) is 9.59 Å². The van der Waals surface area contributed by atoms with Crippen molar-refractivity contribution < 1.29 is 14.3 Å². The van der Waals surface area contributed by atoms with Crippen LogP contribution < -0.4 is 10.1 Å². The van der Waals surface area contributed by atoms with Crippen molar-refractivity contribution in [2.24, 2.45) is 0 Å². The molecule has 2 aliphatic rings. The van der Waals surface area contributed by atoms with E-state index in [1.54, 1.807) is 11.3 Å². The molecule has 2 amide bonds. The van der Waals surface area contributed by atoms with Gasteiger partial charge in [0.15, 0.2) is 0 Å². The summed E-state index contributed by atoms with van der Waals surface area (Å²) in [5.74, 6) is 1.01. The number of rotatable bonds is 6. The average molecular weight is 490 g/mol. The fraction of sp³-hybridized carbons (Fsp3) is 0.393. The molecule has 0 atom stereocenters. The molecule has 2 heterocycles. The Morgan fingerprint density at radius 1 is 1.03 bits per heavy atom. The fourth-order valence-corrected chi connectivity index (χ4v) is 5.93. The molecule has 1 saturated heterocycles. The van der Waals surface area contributed by atoms with Gasteiger partial charge in [-0.25, -0.2) is 4.98 Å². The lowest BCUT2D eigenvalue weighted by molar-refractivity contribution is 0.0713. The van der Waals surface area contributed by atoms with Crippen LogP contribution in [0.1, 0.15) is 69.6 Å².